The highest BCUT2D eigenvalue weighted by Crippen LogP contribution is 2.09. The molecule has 3 heterocycles. The Hall–Kier alpha value is -3.46. The molecule has 15 heteroatoms. The third-order valence-corrected chi connectivity index (χ3v) is 4.18. The summed E-state index contributed by atoms with van der Waals surface area (Å²) in [5.41, 5.74) is 5.44. The van der Waals surface area contributed by atoms with Gasteiger partial charge in [0.2, 0.25) is 23.5 Å². The zero-order chi connectivity index (χ0) is 24.6. The second-order valence-electron chi connectivity index (χ2n) is 6.44. The standard InChI is InChI=1S/C8H12N4O3.C5H12N4O.C5H8O3/c1-14-7(13)6-9-8(11-10-6)12-2-4-15-5-3-12;6-5(8-7)9-1-3-10-4-2-9;1-3-8-5(7)4(2)6/h2-5H2,1H3,(H,9,10,11);1-4,7H2,(H2,6,8);3H2,1-2H3. The summed E-state index contributed by atoms with van der Waals surface area (Å²) in [6.45, 7) is 8.85. The molecule has 1 aromatic heterocycles. The molecule has 2 aliphatic heterocycles. The first-order valence-electron chi connectivity index (χ1n) is 10.2. The average Bonchev–Trinajstić information content (AvgIpc) is 3.35. The molecule has 0 unspecified atom stereocenters. The summed E-state index contributed by atoms with van der Waals surface area (Å²) in [7, 11) is 1.30. The van der Waals surface area contributed by atoms with Gasteiger partial charge in [-0.3, -0.25) is 9.89 Å². The van der Waals surface area contributed by atoms with E-state index in [-0.39, 0.29) is 12.4 Å². The monoisotopic (exact) mass is 472 g/mol. The maximum Gasteiger partial charge on any atom is 0.375 e. The third kappa shape index (κ3) is 10.1. The number of aromatic nitrogens is 3. The van der Waals surface area contributed by atoms with Crippen molar-refractivity contribution in [3.63, 3.8) is 0 Å². The molecular formula is C18H32N8O7. The van der Waals surface area contributed by atoms with Gasteiger partial charge in [0, 0.05) is 33.1 Å². The lowest BCUT2D eigenvalue weighted by atomic mass is 10.4. The number of rotatable bonds is 4. The van der Waals surface area contributed by atoms with E-state index in [9.17, 15) is 14.4 Å². The molecule has 15 nitrogen and oxygen atoms in total. The van der Waals surface area contributed by atoms with Crippen LogP contribution in [0.15, 0.2) is 5.10 Å². The number of guanidine groups is 1. The quantitative estimate of drug-likeness (QED) is 0.109. The van der Waals surface area contributed by atoms with Crippen LogP contribution in [0.2, 0.25) is 0 Å². The molecule has 2 fully saturated rings. The van der Waals surface area contributed by atoms with Gasteiger partial charge in [-0.05, 0) is 6.92 Å². The van der Waals surface area contributed by atoms with Crippen LogP contribution in [0.1, 0.15) is 24.5 Å². The predicted molar refractivity (Wildman–Crippen MR) is 116 cm³/mol. The van der Waals surface area contributed by atoms with E-state index in [2.05, 4.69) is 29.8 Å². The number of nitrogens with zero attached hydrogens (tertiary/aromatic N) is 5. The van der Waals surface area contributed by atoms with Crippen LogP contribution in [0.5, 0.6) is 0 Å². The number of carbonyl (C=O) groups excluding carboxylic acids is 3. The highest BCUT2D eigenvalue weighted by Gasteiger charge is 2.18. The molecule has 5 N–H and O–H groups in total. The van der Waals surface area contributed by atoms with Crippen LogP contribution < -0.4 is 16.5 Å². The number of anilines is 1. The van der Waals surface area contributed by atoms with Crippen LogP contribution in [0, 0.1) is 0 Å². The molecule has 2 aliphatic rings. The second kappa shape index (κ2) is 15.4. The molecule has 0 amide bonds. The summed E-state index contributed by atoms with van der Waals surface area (Å²) in [5.74, 6) is 4.19. The average molecular weight is 473 g/mol. The summed E-state index contributed by atoms with van der Waals surface area (Å²) >= 11 is 0. The number of carbonyl (C=O) groups is 3. The number of ketones is 1. The van der Waals surface area contributed by atoms with Crippen molar-refractivity contribution in [1.82, 2.24) is 20.1 Å². The van der Waals surface area contributed by atoms with Gasteiger partial charge in [0.25, 0.3) is 0 Å². The Kier molecular flexibility index (Phi) is 12.8. The Morgan fingerprint density at radius 2 is 1.70 bits per heavy atom. The smallest absolute Gasteiger partial charge is 0.375 e. The lowest BCUT2D eigenvalue weighted by molar-refractivity contribution is -0.152. The number of morpholine rings is 2. The number of hydrogen-bond acceptors (Lipinski definition) is 12. The number of nitrogens with one attached hydrogen (secondary N) is 1. The van der Waals surface area contributed by atoms with E-state index < -0.39 is 17.7 Å². The van der Waals surface area contributed by atoms with E-state index in [4.69, 9.17) is 21.1 Å². The van der Waals surface area contributed by atoms with Crippen molar-refractivity contribution in [2.75, 3.05) is 71.2 Å². The number of ether oxygens (including phenoxy) is 4. The van der Waals surface area contributed by atoms with Gasteiger partial charge in [-0.25, -0.2) is 9.59 Å². The number of Topliss-reactive ketones (excluding diaryl/α,β-unsaturated/α-hetero) is 1. The van der Waals surface area contributed by atoms with Crippen molar-refractivity contribution >= 4 is 29.6 Å². The molecule has 33 heavy (non-hydrogen) atoms. The van der Waals surface area contributed by atoms with Gasteiger partial charge in [0.05, 0.1) is 40.1 Å². The van der Waals surface area contributed by atoms with Crippen molar-refractivity contribution in [3.8, 4) is 0 Å². The minimum absolute atomic E-state index is 0.124. The first-order chi connectivity index (χ1) is 15.8. The van der Waals surface area contributed by atoms with Crippen molar-refractivity contribution in [3.05, 3.63) is 5.82 Å². The van der Waals surface area contributed by atoms with Gasteiger partial charge in [0.1, 0.15) is 0 Å². The molecule has 0 radical (unpaired) electrons. The van der Waals surface area contributed by atoms with Crippen molar-refractivity contribution in [1.29, 1.82) is 0 Å². The Bertz CT molecular complexity index is 774. The van der Waals surface area contributed by atoms with E-state index in [0.717, 1.165) is 26.2 Å². The van der Waals surface area contributed by atoms with Crippen molar-refractivity contribution in [2.45, 2.75) is 13.8 Å². The topological polar surface area (TPSA) is 201 Å². The van der Waals surface area contributed by atoms with Crippen molar-refractivity contribution < 1.29 is 33.3 Å². The Morgan fingerprint density at radius 3 is 2.15 bits per heavy atom. The van der Waals surface area contributed by atoms with E-state index >= 15 is 0 Å². The molecule has 0 aromatic carbocycles. The SMILES string of the molecule is CCOC(=O)C(C)=O.COC(=O)c1nc(N2CCOCC2)n[nH]1.NN=C(N)N1CCOCC1. The van der Waals surface area contributed by atoms with Gasteiger partial charge in [-0.2, -0.15) is 4.98 Å². The van der Waals surface area contributed by atoms with Crippen LogP contribution in [0.4, 0.5) is 5.95 Å². The summed E-state index contributed by atoms with van der Waals surface area (Å²) in [5, 5.41) is 9.85. The summed E-state index contributed by atoms with van der Waals surface area (Å²) in [6.07, 6.45) is 0. The fourth-order valence-electron chi connectivity index (χ4n) is 2.45. The van der Waals surface area contributed by atoms with Gasteiger partial charge in [-0.15, -0.1) is 10.2 Å². The second-order valence-corrected chi connectivity index (χ2v) is 6.44. The van der Waals surface area contributed by atoms with Crippen LogP contribution in [0.25, 0.3) is 0 Å². The minimum atomic E-state index is -0.757. The fraction of sp³-hybridized carbons (Fsp3) is 0.667. The van der Waals surface area contributed by atoms with E-state index in [1.807, 2.05) is 9.80 Å². The maximum absolute atomic E-state index is 11.1. The molecule has 0 saturated carbocycles. The maximum atomic E-state index is 11.1. The number of aromatic amines is 1. The predicted octanol–water partition coefficient (Wildman–Crippen LogP) is -1.93. The van der Waals surface area contributed by atoms with Crippen molar-refractivity contribution in [2.24, 2.45) is 16.7 Å². The highest BCUT2D eigenvalue weighted by atomic mass is 16.5. The Balaban J connectivity index is 0.000000265. The van der Waals surface area contributed by atoms with Crippen LogP contribution in [-0.4, -0.2) is 110 Å². The number of hydrogen-bond donors (Lipinski definition) is 3. The molecule has 0 bridgehead atoms. The van der Waals surface area contributed by atoms with Gasteiger partial charge in [0.15, 0.2) is 0 Å². The molecule has 2 saturated heterocycles. The van der Waals surface area contributed by atoms with E-state index in [0.29, 0.717) is 38.3 Å². The lowest BCUT2D eigenvalue weighted by Crippen LogP contribution is -2.45. The number of hydrazone groups is 1. The van der Waals surface area contributed by atoms with Gasteiger partial charge < -0.3 is 40.3 Å². The fourth-order valence-corrected chi connectivity index (χ4v) is 2.45. The Morgan fingerprint density at radius 1 is 1.12 bits per heavy atom. The van der Waals surface area contributed by atoms with Crippen LogP contribution >= 0.6 is 0 Å². The molecule has 0 atom stereocenters. The van der Waals surface area contributed by atoms with Crippen LogP contribution in [-0.2, 0) is 28.5 Å². The number of esters is 2. The minimum Gasteiger partial charge on any atom is -0.463 e. The molecule has 0 spiro atoms. The molecule has 186 valence electrons. The number of H-pyrrole nitrogens is 1. The zero-order valence-corrected chi connectivity index (χ0v) is 19.1. The number of nitrogens with two attached hydrogens (primary N) is 2. The molecule has 3 rings (SSSR count). The highest BCUT2D eigenvalue weighted by molar-refractivity contribution is 6.32. The van der Waals surface area contributed by atoms with E-state index in [1.54, 1.807) is 6.92 Å². The summed E-state index contributed by atoms with van der Waals surface area (Å²) in [6, 6.07) is 0. The molecule has 1 aromatic rings. The normalized spacial score (nSPS) is 15.9. The number of methoxy groups -OCH3 is 1. The van der Waals surface area contributed by atoms with Gasteiger partial charge >= 0.3 is 11.9 Å². The first-order valence-corrected chi connectivity index (χ1v) is 10.2. The van der Waals surface area contributed by atoms with Gasteiger partial charge in [-0.1, -0.05) is 0 Å². The largest absolute Gasteiger partial charge is 0.463 e. The molecular weight excluding hydrogens is 440 g/mol. The summed E-state index contributed by atoms with van der Waals surface area (Å²) in [4.78, 5) is 39.2. The van der Waals surface area contributed by atoms with E-state index in [1.165, 1.54) is 14.0 Å². The zero-order valence-electron chi connectivity index (χ0n) is 19.1. The Labute approximate surface area is 191 Å². The van der Waals surface area contributed by atoms with Crippen LogP contribution in [0.3, 0.4) is 0 Å². The third-order valence-electron chi connectivity index (χ3n) is 4.18. The first kappa shape index (κ1) is 27.6. The molecule has 0 aliphatic carbocycles. The summed E-state index contributed by atoms with van der Waals surface area (Å²) < 4.78 is 19.1. The lowest BCUT2D eigenvalue weighted by Gasteiger charge is -2.26.